The number of carbonyl (C=O) groups excluding carboxylic acids is 1. The minimum atomic E-state index is -0.823. The monoisotopic (exact) mass is 291 g/mol. The molecular weight excluding hydrogens is 270 g/mol. The maximum Gasteiger partial charge on any atom is 0.324 e. The molecular formula is C15H21N3O3. The zero-order valence-corrected chi connectivity index (χ0v) is 12.4. The Morgan fingerprint density at radius 2 is 1.71 bits per heavy atom. The highest BCUT2D eigenvalue weighted by molar-refractivity contribution is 5.91. The molecule has 1 aromatic carbocycles. The second kappa shape index (κ2) is 6.58. The van der Waals surface area contributed by atoms with Crippen molar-refractivity contribution < 1.29 is 14.7 Å². The van der Waals surface area contributed by atoms with Gasteiger partial charge in [-0.05, 0) is 19.1 Å². The van der Waals surface area contributed by atoms with Crippen LogP contribution in [-0.4, -0.2) is 66.2 Å². The Balaban J connectivity index is 1.93. The normalized spacial score (nSPS) is 17.3. The zero-order valence-electron chi connectivity index (χ0n) is 12.4. The lowest BCUT2D eigenvalue weighted by Crippen LogP contribution is -2.55. The Bertz CT molecular complexity index is 498. The summed E-state index contributed by atoms with van der Waals surface area (Å²) in [6, 6.07) is 8.92. The minimum absolute atomic E-state index is 0.0520. The number of rotatable bonds is 3. The molecule has 1 fully saturated rings. The molecule has 0 spiro atoms. The number of para-hydroxylation sites is 1. The van der Waals surface area contributed by atoms with Crippen LogP contribution in [0.4, 0.5) is 10.5 Å². The van der Waals surface area contributed by atoms with Crippen LogP contribution < -0.4 is 4.90 Å². The van der Waals surface area contributed by atoms with Crippen LogP contribution in [-0.2, 0) is 4.79 Å². The van der Waals surface area contributed by atoms with Crippen molar-refractivity contribution in [2.45, 2.75) is 13.0 Å². The van der Waals surface area contributed by atoms with Gasteiger partial charge in [0.25, 0.3) is 0 Å². The predicted molar refractivity (Wildman–Crippen MR) is 80.5 cm³/mol. The molecule has 0 aromatic heterocycles. The molecule has 0 radical (unpaired) electrons. The number of urea groups is 1. The van der Waals surface area contributed by atoms with Crippen LogP contribution in [0.15, 0.2) is 30.3 Å². The van der Waals surface area contributed by atoms with Gasteiger partial charge in [-0.2, -0.15) is 0 Å². The molecule has 1 saturated heterocycles. The number of hydrogen-bond acceptors (Lipinski definition) is 3. The van der Waals surface area contributed by atoms with E-state index in [0.29, 0.717) is 26.2 Å². The molecule has 1 aromatic rings. The van der Waals surface area contributed by atoms with Gasteiger partial charge >= 0.3 is 12.0 Å². The number of nitrogens with zero attached hydrogens (tertiary/aromatic N) is 3. The van der Waals surface area contributed by atoms with Crippen molar-refractivity contribution in [1.29, 1.82) is 0 Å². The van der Waals surface area contributed by atoms with Gasteiger partial charge in [-0.25, -0.2) is 4.79 Å². The van der Waals surface area contributed by atoms with Crippen LogP contribution in [0.2, 0.25) is 0 Å². The van der Waals surface area contributed by atoms with Gasteiger partial charge in [0, 0.05) is 38.9 Å². The summed E-state index contributed by atoms with van der Waals surface area (Å²) < 4.78 is 0. The lowest BCUT2D eigenvalue weighted by Gasteiger charge is -2.38. The van der Waals surface area contributed by atoms with E-state index in [9.17, 15) is 9.59 Å². The number of benzene rings is 1. The number of hydrogen-bond donors (Lipinski definition) is 1. The Labute approximate surface area is 124 Å². The van der Waals surface area contributed by atoms with Gasteiger partial charge in [0.05, 0.1) is 0 Å². The first-order valence-corrected chi connectivity index (χ1v) is 7.05. The van der Waals surface area contributed by atoms with E-state index in [2.05, 4.69) is 0 Å². The third kappa shape index (κ3) is 3.52. The first-order valence-electron chi connectivity index (χ1n) is 7.05. The molecule has 21 heavy (non-hydrogen) atoms. The zero-order chi connectivity index (χ0) is 15.4. The topological polar surface area (TPSA) is 64.1 Å². The Hall–Kier alpha value is -2.08. The molecule has 0 saturated carbocycles. The quantitative estimate of drug-likeness (QED) is 0.912. The van der Waals surface area contributed by atoms with Crippen molar-refractivity contribution >= 4 is 17.7 Å². The van der Waals surface area contributed by atoms with Crippen molar-refractivity contribution in [3.05, 3.63) is 30.3 Å². The fraction of sp³-hybridized carbons (Fsp3) is 0.467. The number of piperazine rings is 1. The van der Waals surface area contributed by atoms with Gasteiger partial charge in [-0.1, -0.05) is 18.2 Å². The molecule has 1 atom stereocenters. The molecule has 6 heteroatoms. The minimum Gasteiger partial charge on any atom is -0.480 e. The number of aliphatic carboxylic acids is 1. The number of amides is 2. The van der Waals surface area contributed by atoms with Gasteiger partial charge in [-0.15, -0.1) is 0 Å². The fourth-order valence-corrected chi connectivity index (χ4v) is 2.43. The Morgan fingerprint density at radius 1 is 1.14 bits per heavy atom. The second-order valence-corrected chi connectivity index (χ2v) is 5.21. The van der Waals surface area contributed by atoms with Crippen LogP contribution in [0.1, 0.15) is 6.92 Å². The number of carboxylic acid groups (broad SMARTS) is 1. The molecule has 1 N–H and O–H groups in total. The summed E-state index contributed by atoms with van der Waals surface area (Å²) in [4.78, 5) is 28.7. The van der Waals surface area contributed by atoms with Crippen molar-refractivity contribution in [3.63, 3.8) is 0 Å². The average molecular weight is 291 g/mol. The standard InChI is InChI=1S/C15H21N3O3/c1-12(14(19)20)17-8-10-18(11-9-17)15(21)16(2)13-6-4-3-5-7-13/h3-7,12H,8-11H2,1-2H3,(H,19,20). The average Bonchev–Trinajstić information content (AvgIpc) is 2.53. The largest absolute Gasteiger partial charge is 0.480 e. The molecule has 2 amide bonds. The maximum atomic E-state index is 12.4. The van der Waals surface area contributed by atoms with Crippen LogP contribution in [0.3, 0.4) is 0 Å². The summed E-state index contributed by atoms with van der Waals surface area (Å²) in [7, 11) is 1.75. The summed E-state index contributed by atoms with van der Waals surface area (Å²) in [5.74, 6) is -0.823. The SMILES string of the molecule is CC(C(=O)O)N1CCN(C(=O)N(C)c2ccccc2)CC1. The fourth-order valence-electron chi connectivity index (χ4n) is 2.43. The molecule has 0 aliphatic carbocycles. The molecule has 0 bridgehead atoms. The Morgan fingerprint density at radius 3 is 2.24 bits per heavy atom. The van der Waals surface area contributed by atoms with E-state index in [1.54, 1.807) is 23.8 Å². The van der Waals surface area contributed by atoms with E-state index in [1.807, 2.05) is 35.2 Å². The van der Waals surface area contributed by atoms with E-state index in [-0.39, 0.29) is 6.03 Å². The summed E-state index contributed by atoms with van der Waals surface area (Å²) in [6.07, 6.45) is 0. The van der Waals surface area contributed by atoms with E-state index in [0.717, 1.165) is 5.69 Å². The van der Waals surface area contributed by atoms with Crippen LogP contribution in [0.5, 0.6) is 0 Å². The second-order valence-electron chi connectivity index (χ2n) is 5.21. The first-order chi connectivity index (χ1) is 10.0. The summed E-state index contributed by atoms with van der Waals surface area (Å²) in [5, 5.41) is 9.02. The molecule has 1 aliphatic heterocycles. The van der Waals surface area contributed by atoms with Gasteiger partial charge in [-0.3, -0.25) is 14.6 Å². The van der Waals surface area contributed by atoms with E-state index in [4.69, 9.17) is 5.11 Å². The number of carboxylic acids is 1. The van der Waals surface area contributed by atoms with Crippen molar-refractivity contribution in [3.8, 4) is 0 Å². The predicted octanol–water partition coefficient (Wildman–Crippen LogP) is 1.33. The summed E-state index contributed by atoms with van der Waals surface area (Å²) in [5.41, 5.74) is 0.851. The highest BCUT2D eigenvalue weighted by Gasteiger charge is 2.28. The third-order valence-corrected chi connectivity index (χ3v) is 3.92. The van der Waals surface area contributed by atoms with Gasteiger partial charge < -0.3 is 10.0 Å². The highest BCUT2D eigenvalue weighted by Crippen LogP contribution is 2.15. The lowest BCUT2D eigenvalue weighted by atomic mass is 10.2. The maximum absolute atomic E-state index is 12.4. The van der Waals surface area contributed by atoms with Gasteiger partial charge in [0.2, 0.25) is 0 Å². The molecule has 1 unspecified atom stereocenters. The van der Waals surface area contributed by atoms with Gasteiger partial charge in [0.15, 0.2) is 0 Å². The molecule has 114 valence electrons. The third-order valence-electron chi connectivity index (χ3n) is 3.92. The van der Waals surface area contributed by atoms with Crippen LogP contribution in [0.25, 0.3) is 0 Å². The van der Waals surface area contributed by atoms with E-state index in [1.165, 1.54) is 0 Å². The lowest BCUT2D eigenvalue weighted by molar-refractivity contribution is -0.143. The van der Waals surface area contributed by atoms with Crippen molar-refractivity contribution in [1.82, 2.24) is 9.80 Å². The van der Waals surface area contributed by atoms with Crippen molar-refractivity contribution in [2.24, 2.45) is 0 Å². The number of carbonyl (C=O) groups is 2. The van der Waals surface area contributed by atoms with E-state index < -0.39 is 12.0 Å². The number of anilines is 1. The molecule has 1 aliphatic rings. The highest BCUT2D eigenvalue weighted by atomic mass is 16.4. The molecule has 1 heterocycles. The van der Waals surface area contributed by atoms with Crippen LogP contribution in [0, 0.1) is 0 Å². The summed E-state index contributed by atoms with van der Waals surface area (Å²) in [6.45, 7) is 3.95. The molecule has 2 rings (SSSR count). The molecule has 6 nitrogen and oxygen atoms in total. The smallest absolute Gasteiger partial charge is 0.324 e. The van der Waals surface area contributed by atoms with Crippen LogP contribution >= 0.6 is 0 Å². The van der Waals surface area contributed by atoms with Gasteiger partial charge in [0.1, 0.15) is 6.04 Å². The Kier molecular flexibility index (Phi) is 4.80. The van der Waals surface area contributed by atoms with E-state index >= 15 is 0 Å². The summed E-state index contributed by atoms with van der Waals surface area (Å²) >= 11 is 0. The first kappa shape index (κ1) is 15.3. The van der Waals surface area contributed by atoms with Crippen molar-refractivity contribution in [2.75, 3.05) is 38.1 Å².